The monoisotopic (exact) mass is 369 g/mol. The summed E-state index contributed by atoms with van der Waals surface area (Å²) in [5.41, 5.74) is 2.26. The summed E-state index contributed by atoms with van der Waals surface area (Å²) in [6.07, 6.45) is 1.48. The van der Waals surface area contributed by atoms with Crippen molar-refractivity contribution in [2.24, 2.45) is 0 Å². The second-order valence-electron chi connectivity index (χ2n) is 5.67. The lowest BCUT2D eigenvalue weighted by Gasteiger charge is -2.15. The van der Waals surface area contributed by atoms with Gasteiger partial charge in [-0.2, -0.15) is 0 Å². The van der Waals surface area contributed by atoms with Crippen LogP contribution in [0.15, 0.2) is 47.2 Å². The predicted molar refractivity (Wildman–Crippen MR) is 101 cm³/mol. The van der Waals surface area contributed by atoms with Gasteiger partial charge in [-0.25, -0.2) is 4.98 Å². The maximum absolute atomic E-state index is 12.4. The highest BCUT2D eigenvalue weighted by atomic mass is 32.1. The van der Waals surface area contributed by atoms with Crippen molar-refractivity contribution < 1.29 is 9.59 Å². The van der Waals surface area contributed by atoms with Gasteiger partial charge in [0, 0.05) is 29.6 Å². The normalized spacial score (nSPS) is 14.1. The first-order valence-corrected chi connectivity index (χ1v) is 9.68. The van der Waals surface area contributed by atoms with Gasteiger partial charge in [-0.15, -0.1) is 22.7 Å². The Labute approximate surface area is 152 Å². The quantitative estimate of drug-likeness (QED) is 0.748. The summed E-state index contributed by atoms with van der Waals surface area (Å²) >= 11 is 3.02. The number of benzene rings is 1. The molecule has 7 heteroatoms. The Hall–Kier alpha value is -2.51. The van der Waals surface area contributed by atoms with Crippen LogP contribution in [0.1, 0.15) is 23.2 Å². The van der Waals surface area contributed by atoms with Crippen molar-refractivity contribution in [1.29, 1.82) is 0 Å². The van der Waals surface area contributed by atoms with Gasteiger partial charge in [-0.1, -0.05) is 6.07 Å². The maximum Gasteiger partial charge on any atom is 0.257 e. The average molecular weight is 369 g/mol. The molecule has 0 radical (unpaired) electrons. The van der Waals surface area contributed by atoms with Gasteiger partial charge in [-0.05, 0) is 42.1 Å². The molecule has 126 valence electrons. The molecule has 0 spiro atoms. The third kappa shape index (κ3) is 3.33. The third-order valence-corrected chi connectivity index (χ3v) is 5.66. The molecular weight excluding hydrogens is 354 g/mol. The van der Waals surface area contributed by atoms with Crippen molar-refractivity contribution in [2.75, 3.05) is 16.8 Å². The highest BCUT2D eigenvalue weighted by Gasteiger charge is 2.21. The summed E-state index contributed by atoms with van der Waals surface area (Å²) in [7, 11) is 0. The molecule has 5 nitrogen and oxygen atoms in total. The van der Waals surface area contributed by atoms with E-state index in [2.05, 4.69) is 10.3 Å². The van der Waals surface area contributed by atoms with E-state index in [0.29, 0.717) is 17.1 Å². The van der Waals surface area contributed by atoms with Gasteiger partial charge in [0.15, 0.2) is 5.13 Å². The zero-order valence-corrected chi connectivity index (χ0v) is 14.9. The predicted octanol–water partition coefficient (Wildman–Crippen LogP) is 4.25. The zero-order chi connectivity index (χ0) is 17.2. The molecule has 3 heterocycles. The maximum atomic E-state index is 12.4. The molecule has 0 unspecified atom stereocenters. The Morgan fingerprint density at radius 2 is 2.00 bits per heavy atom. The molecule has 1 saturated heterocycles. The van der Waals surface area contributed by atoms with Crippen LogP contribution in [0.4, 0.5) is 10.8 Å². The van der Waals surface area contributed by atoms with Crippen molar-refractivity contribution in [3.05, 3.63) is 52.7 Å². The Balaban J connectivity index is 1.45. The Morgan fingerprint density at radius 1 is 1.16 bits per heavy atom. The van der Waals surface area contributed by atoms with Crippen molar-refractivity contribution in [2.45, 2.75) is 12.8 Å². The number of thiophene rings is 1. The fraction of sp³-hybridized carbons (Fsp3) is 0.167. The Kier molecular flexibility index (Phi) is 4.33. The summed E-state index contributed by atoms with van der Waals surface area (Å²) in [5.74, 6) is -0.0625. The number of nitrogens with one attached hydrogen (secondary N) is 1. The average Bonchev–Trinajstić information content (AvgIpc) is 3.36. The van der Waals surface area contributed by atoms with Crippen LogP contribution < -0.4 is 10.2 Å². The molecule has 1 N–H and O–H groups in total. The van der Waals surface area contributed by atoms with Gasteiger partial charge in [0.25, 0.3) is 5.91 Å². The number of thiazole rings is 1. The zero-order valence-electron chi connectivity index (χ0n) is 13.3. The van der Waals surface area contributed by atoms with E-state index in [1.807, 2.05) is 35.0 Å². The lowest BCUT2D eigenvalue weighted by atomic mass is 10.2. The minimum atomic E-state index is -0.202. The van der Waals surface area contributed by atoms with Gasteiger partial charge in [0.05, 0.1) is 10.6 Å². The number of carbonyl (C=O) groups excluding carboxylic acids is 2. The first-order valence-electron chi connectivity index (χ1n) is 7.92. The number of nitrogens with zero attached hydrogens (tertiary/aromatic N) is 2. The van der Waals surface area contributed by atoms with E-state index in [1.54, 1.807) is 28.4 Å². The summed E-state index contributed by atoms with van der Waals surface area (Å²) < 4.78 is 0. The lowest BCUT2D eigenvalue weighted by molar-refractivity contribution is -0.117. The van der Waals surface area contributed by atoms with E-state index in [0.717, 1.165) is 29.2 Å². The van der Waals surface area contributed by atoms with Crippen LogP contribution in [0, 0.1) is 0 Å². The summed E-state index contributed by atoms with van der Waals surface area (Å²) in [4.78, 5) is 31.5. The number of aromatic nitrogens is 1. The number of rotatable bonds is 4. The summed E-state index contributed by atoms with van der Waals surface area (Å²) in [6, 6.07) is 11.1. The number of hydrogen-bond acceptors (Lipinski definition) is 5. The van der Waals surface area contributed by atoms with Gasteiger partial charge in [0.1, 0.15) is 0 Å². The van der Waals surface area contributed by atoms with Gasteiger partial charge in [-0.3, -0.25) is 14.9 Å². The molecule has 0 aliphatic carbocycles. The van der Waals surface area contributed by atoms with Crippen molar-refractivity contribution >= 4 is 45.3 Å². The van der Waals surface area contributed by atoms with Crippen LogP contribution in [0.2, 0.25) is 0 Å². The Morgan fingerprint density at radius 3 is 2.68 bits per heavy atom. The van der Waals surface area contributed by atoms with E-state index < -0.39 is 0 Å². The summed E-state index contributed by atoms with van der Waals surface area (Å²) in [6.45, 7) is 0.745. The minimum Gasteiger partial charge on any atom is -0.312 e. The second-order valence-corrected chi connectivity index (χ2v) is 7.47. The van der Waals surface area contributed by atoms with Gasteiger partial charge in [0.2, 0.25) is 5.91 Å². The van der Waals surface area contributed by atoms with E-state index in [1.165, 1.54) is 11.3 Å². The lowest BCUT2D eigenvalue weighted by Crippen LogP contribution is -2.23. The van der Waals surface area contributed by atoms with Crippen LogP contribution in [0.5, 0.6) is 0 Å². The largest absolute Gasteiger partial charge is 0.312 e. The molecule has 1 aromatic carbocycles. The summed E-state index contributed by atoms with van der Waals surface area (Å²) in [5, 5.41) is 7.34. The molecule has 3 aromatic rings. The van der Waals surface area contributed by atoms with Crippen LogP contribution in [-0.2, 0) is 4.79 Å². The van der Waals surface area contributed by atoms with Gasteiger partial charge >= 0.3 is 0 Å². The smallest absolute Gasteiger partial charge is 0.257 e. The van der Waals surface area contributed by atoms with E-state index in [-0.39, 0.29) is 11.8 Å². The van der Waals surface area contributed by atoms with Crippen LogP contribution >= 0.6 is 22.7 Å². The molecule has 0 saturated carbocycles. The van der Waals surface area contributed by atoms with Crippen molar-refractivity contribution in [1.82, 2.24) is 4.98 Å². The third-order valence-electron chi connectivity index (χ3n) is 4.01. The molecule has 2 amide bonds. The molecule has 1 aliphatic rings. The number of amides is 2. The fourth-order valence-corrected chi connectivity index (χ4v) is 4.22. The molecule has 4 rings (SSSR count). The fourth-order valence-electron chi connectivity index (χ4n) is 2.75. The van der Waals surface area contributed by atoms with E-state index in [4.69, 9.17) is 0 Å². The standard InChI is InChI=1S/C18H15N3O2S2/c22-16-4-1-9-21(16)13-7-5-12(6-8-13)17(23)20-18-19-14(11-25-18)15-3-2-10-24-15/h2-3,5-8,10-11H,1,4,9H2,(H,19,20,23). The molecule has 1 aliphatic heterocycles. The molecule has 0 atom stereocenters. The SMILES string of the molecule is O=C(Nc1nc(-c2cccs2)cs1)c1ccc(N2CCCC2=O)cc1. The highest BCUT2D eigenvalue weighted by Crippen LogP contribution is 2.28. The molecule has 1 fully saturated rings. The highest BCUT2D eigenvalue weighted by molar-refractivity contribution is 7.16. The minimum absolute atomic E-state index is 0.140. The second kappa shape index (κ2) is 6.78. The molecular formula is C18H15N3O2S2. The molecule has 0 bridgehead atoms. The van der Waals surface area contributed by atoms with Crippen molar-refractivity contribution in [3.8, 4) is 10.6 Å². The number of hydrogen-bond donors (Lipinski definition) is 1. The van der Waals surface area contributed by atoms with E-state index >= 15 is 0 Å². The molecule has 2 aromatic heterocycles. The first-order chi connectivity index (χ1) is 12.2. The van der Waals surface area contributed by atoms with Crippen LogP contribution in [0.25, 0.3) is 10.6 Å². The topological polar surface area (TPSA) is 62.3 Å². The molecule has 25 heavy (non-hydrogen) atoms. The van der Waals surface area contributed by atoms with Crippen molar-refractivity contribution in [3.63, 3.8) is 0 Å². The number of anilines is 2. The van der Waals surface area contributed by atoms with Crippen LogP contribution in [-0.4, -0.2) is 23.3 Å². The number of carbonyl (C=O) groups is 2. The van der Waals surface area contributed by atoms with E-state index in [9.17, 15) is 9.59 Å². The first kappa shape index (κ1) is 16.0. The van der Waals surface area contributed by atoms with Crippen LogP contribution in [0.3, 0.4) is 0 Å². The van der Waals surface area contributed by atoms with Gasteiger partial charge < -0.3 is 4.90 Å². The Bertz CT molecular complexity index is 901.